The number of carbonyl (C=O) groups is 6. The van der Waals surface area contributed by atoms with E-state index in [2.05, 4.69) is 119 Å². The molecule has 6 N–H and O–H groups in total. The highest BCUT2D eigenvalue weighted by Gasteiger charge is 2.48. The van der Waals surface area contributed by atoms with Crippen LogP contribution in [0.3, 0.4) is 0 Å². The summed E-state index contributed by atoms with van der Waals surface area (Å²) < 4.78 is 33.2. The van der Waals surface area contributed by atoms with Crippen molar-refractivity contribution < 1.29 is 57.2 Å². The topological polar surface area (TPSA) is 278 Å². The van der Waals surface area contributed by atoms with Gasteiger partial charge in [-0.05, 0) is 176 Å². The number of nitrogens with one attached hydrogen (secondary N) is 6. The van der Waals surface area contributed by atoms with E-state index in [1.54, 1.807) is 59.2 Å². The van der Waals surface area contributed by atoms with E-state index in [9.17, 15) is 39.3 Å². The Balaban J connectivity index is 0.801. The Morgan fingerprint density at radius 2 is 0.880 bits per heavy atom. The van der Waals surface area contributed by atoms with E-state index < -0.39 is 55.9 Å². The lowest BCUT2D eigenvalue weighted by Gasteiger charge is -2.47. The van der Waals surface area contributed by atoms with E-state index in [-0.39, 0.29) is 77.0 Å². The SMILES string of the molecule is CC=CC=CCOC(=O)NCC1(C)CC(NC(=O)OC(C)(CC)C2=CCC(C#N)(SCc3ccc(COC(=O)NC4CC(C)(C)CC(C)(CNC(=O)OCc5ccc(CSC6(C#N)CC(C(C)(CC)OC(=O)NC7CC(C)(C)CC(C)(CNC(=O)OCC=CC=CC)C7)=CCS6)cc5)C4)cc3)SC2)CC(C)(C)C1. The highest BCUT2D eigenvalue weighted by atomic mass is 32.2. The van der Waals surface area contributed by atoms with Crippen LogP contribution < -0.4 is 31.9 Å². The summed E-state index contributed by atoms with van der Waals surface area (Å²) in [5, 5.41) is 39.6. The van der Waals surface area contributed by atoms with Gasteiger partial charge in [0.05, 0.1) is 12.1 Å². The van der Waals surface area contributed by atoms with Gasteiger partial charge in [-0.25, -0.2) is 28.8 Å². The van der Waals surface area contributed by atoms with Crippen LogP contribution in [0.1, 0.15) is 210 Å². The number of carbonyl (C=O) groups excluding carboxylic acids is 6. The minimum Gasteiger partial charge on any atom is -0.445 e. The maximum atomic E-state index is 13.8. The Kier molecular flexibility index (Phi) is 32.0. The minimum absolute atomic E-state index is 0.0674. The largest absolute Gasteiger partial charge is 0.445 e. The lowest BCUT2D eigenvalue weighted by atomic mass is 9.62. The Labute approximate surface area is 660 Å². The van der Waals surface area contributed by atoms with Crippen LogP contribution in [0.4, 0.5) is 28.8 Å². The van der Waals surface area contributed by atoms with Gasteiger partial charge in [0.2, 0.25) is 0 Å². The molecule has 592 valence electrons. The molecule has 5 aliphatic rings. The molecule has 0 bridgehead atoms. The lowest BCUT2D eigenvalue weighted by Crippen LogP contribution is -2.51. The molecule has 3 aliphatic carbocycles. The molecule has 2 heterocycles. The summed E-state index contributed by atoms with van der Waals surface area (Å²) in [6.07, 6.45) is 24.6. The van der Waals surface area contributed by atoms with Crippen molar-refractivity contribution in [3.05, 3.63) is 143 Å². The fourth-order valence-electron chi connectivity index (χ4n) is 16.7. The maximum Gasteiger partial charge on any atom is 0.408 e. The molecule has 10 atom stereocenters. The standard InChI is InChI=1S/C84H120N8O12S4/c1-16-20-22-24-37-99-69(93)87-57-79(12)45-67(42-76(7,8)53-79)91-73(97)103-81(14,18-3)64-35-39-105-84(40-64,56-86)107-50-63-32-26-60(27-33-63)47-101-71(95)89-59-78(11)44-66(41-75(5,6)52-78)90-72(96)102-48-61-28-30-62(31-29-61)49-106-83(55-85)36-34-65(51-108-83)82(15,19-4)104-74(98)92-68-43-77(9,10)54-80(13,46-68)58-88-70(94)100-38-25-23-21-17-2/h16-17,20-35,66-68H,18-19,36-54,57-59H2,1-15H3,(H,87,93)(H,88,94)(H,89,95)(H,90,96)(H,91,97)(H,92,98). The number of ether oxygens (including phenoxy) is 6. The molecule has 0 spiro atoms. The van der Waals surface area contributed by atoms with E-state index in [0.717, 1.165) is 71.9 Å². The zero-order valence-corrected chi connectivity index (χ0v) is 69.8. The van der Waals surface area contributed by atoms with Crippen molar-refractivity contribution in [3.63, 3.8) is 0 Å². The number of nitrogens with zero attached hydrogens (tertiary/aromatic N) is 2. The average Bonchev–Trinajstić information content (AvgIpc) is 0.804. The summed E-state index contributed by atoms with van der Waals surface area (Å²) in [4.78, 5) is 79.2. The first-order chi connectivity index (χ1) is 50.9. The van der Waals surface area contributed by atoms with Crippen molar-refractivity contribution in [1.82, 2.24) is 31.9 Å². The van der Waals surface area contributed by atoms with Crippen molar-refractivity contribution in [2.24, 2.45) is 32.5 Å². The molecule has 0 radical (unpaired) electrons. The number of thioether (sulfide) groups is 4. The molecule has 24 heteroatoms. The van der Waals surface area contributed by atoms with E-state index in [0.29, 0.717) is 87.6 Å². The first kappa shape index (κ1) is 88.1. The number of alkyl carbamates (subject to hydrolysis) is 6. The van der Waals surface area contributed by atoms with Crippen molar-refractivity contribution >= 4 is 83.6 Å². The quantitative estimate of drug-likeness (QED) is 0.0232. The predicted octanol–water partition coefficient (Wildman–Crippen LogP) is 19.1. The fourth-order valence-corrected chi connectivity index (χ4v) is 21.8. The molecule has 0 aromatic heterocycles. The third kappa shape index (κ3) is 27.7. The van der Waals surface area contributed by atoms with Crippen LogP contribution in [-0.4, -0.2) is 118 Å². The molecule has 10 unspecified atom stereocenters. The van der Waals surface area contributed by atoms with E-state index in [1.807, 2.05) is 127 Å². The number of hydrogen-bond acceptors (Lipinski definition) is 18. The van der Waals surface area contributed by atoms with Crippen LogP contribution in [0.5, 0.6) is 0 Å². The van der Waals surface area contributed by atoms with Gasteiger partial charge in [0.1, 0.15) is 37.6 Å². The second-order valence-corrected chi connectivity index (χ2v) is 39.5. The summed E-state index contributed by atoms with van der Waals surface area (Å²) in [7, 11) is 0. The van der Waals surface area contributed by atoms with Gasteiger partial charge in [-0.1, -0.05) is 173 Å². The Morgan fingerprint density at radius 3 is 1.27 bits per heavy atom. The van der Waals surface area contributed by atoms with Crippen LogP contribution in [0.15, 0.2) is 120 Å². The molecule has 6 amide bonds. The normalized spacial score (nSPS) is 27.0. The first-order valence-electron chi connectivity index (χ1n) is 38.1. The van der Waals surface area contributed by atoms with Gasteiger partial charge in [0, 0.05) is 73.6 Å². The Morgan fingerprint density at radius 1 is 0.500 bits per heavy atom. The molecule has 2 aromatic rings. The van der Waals surface area contributed by atoms with Crippen LogP contribution in [-0.2, 0) is 53.1 Å². The zero-order valence-electron chi connectivity index (χ0n) is 66.5. The van der Waals surface area contributed by atoms with Crippen molar-refractivity contribution in [2.75, 3.05) is 44.4 Å². The number of nitriles is 2. The molecule has 2 aliphatic heterocycles. The van der Waals surface area contributed by atoms with Gasteiger partial charge in [-0.3, -0.25) is 0 Å². The summed E-state index contributed by atoms with van der Waals surface area (Å²) in [5.74, 6) is 2.27. The smallest absolute Gasteiger partial charge is 0.408 e. The molecule has 3 fully saturated rings. The number of benzene rings is 2. The third-order valence-electron chi connectivity index (χ3n) is 21.3. The fraction of sp³-hybridized carbons (Fsp3) is 0.619. The minimum atomic E-state index is -0.940. The summed E-state index contributed by atoms with van der Waals surface area (Å²) >= 11 is 6.27. The number of hydrogen-bond donors (Lipinski definition) is 6. The van der Waals surface area contributed by atoms with Crippen LogP contribution in [0, 0.1) is 55.2 Å². The van der Waals surface area contributed by atoms with Gasteiger partial charge in [-0.2, -0.15) is 10.5 Å². The van der Waals surface area contributed by atoms with Crippen LogP contribution in [0.25, 0.3) is 0 Å². The summed E-state index contributed by atoms with van der Waals surface area (Å²) in [6.45, 7) is 32.8. The van der Waals surface area contributed by atoms with E-state index in [1.165, 1.54) is 0 Å². The maximum absolute atomic E-state index is 13.8. The number of allylic oxidation sites excluding steroid dienone is 7. The van der Waals surface area contributed by atoms with Crippen LogP contribution in [0.2, 0.25) is 0 Å². The van der Waals surface area contributed by atoms with E-state index >= 15 is 0 Å². The summed E-state index contributed by atoms with van der Waals surface area (Å²) in [6, 6.07) is 20.4. The second-order valence-electron chi connectivity index (χ2n) is 33.8. The second kappa shape index (κ2) is 39.2. The van der Waals surface area contributed by atoms with Gasteiger partial charge < -0.3 is 60.3 Å². The molecule has 0 saturated heterocycles. The first-order valence-corrected chi connectivity index (χ1v) is 42.0. The summed E-state index contributed by atoms with van der Waals surface area (Å²) in [5.41, 5.74) is 2.50. The lowest BCUT2D eigenvalue weighted by molar-refractivity contribution is 0.0297. The molecule has 3 saturated carbocycles. The molecular weight excluding hydrogens is 1440 g/mol. The highest BCUT2D eigenvalue weighted by Crippen LogP contribution is 2.53. The third-order valence-corrected chi connectivity index (χ3v) is 27.3. The number of amides is 6. The van der Waals surface area contributed by atoms with Crippen molar-refractivity contribution in [1.29, 1.82) is 10.5 Å². The molecule has 2 aromatic carbocycles. The Hall–Kier alpha value is -7.12. The number of rotatable bonds is 31. The predicted molar refractivity (Wildman–Crippen MR) is 436 cm³/mol. The molecule has 7 rings (SSSR count). The Bertz CT molecular complexity index is 3700. The average molecular weight is 1560 g/mol. The van der Waals surface area contributed by atoms with Gasteiger partial charge in [0.25, 0.3) is 0 Å². The van der Waals surface area contributed by atoms with Gasteiger partial charge in [-0.15, -0.1) is 47.0 Å². The van der Waals surface area contributed by atoms with Gasteiger partial charge in [0.15, 0.2) is 8.16 Å². The molecular formula is C84H120N8O12S4. The van der Waals surface area contributed by atoms with Crippen LogP contribution >= 0.6 is 47.0 Å². The monoisotopic (exact) mass is 1560 g/mol. The molecule has 20 nitrogen and oxygen atoms in total. The highest BCUT2D eigenvalue weighted by molar-refractivity contribution is 8.18. The van der Waals surface area contributed by atoms with Crippen molar-refractivity contribution in [2.45, 2.75) is 250 Å². The molecule has 108 heavy (non-hydrogen) atoms. The van der Waals surface area contributed by atoms with Gasteiger partial charge >= 0.3 is 36.6 Å². The van der Waals surface area contributed by atoms with Crippen molar-refractivity contribution in [3.8, 4) is 12.1 Å². The van der Waals surface area contributed by atoms with E-state index in [4.69, 9.17) is 28.4 Å². The zero-order chi connectivity index (χ0) is 79.1.